The molecule has 23 heavy (non-hydrogen) atoms. The van der Waals surface area contributed by atoms with Crippen LogP contribution in [0.5, 0.6) is 0 Å². The molecule has 1 atom stereocenters. The van der Waals surface area contributed by atoms with Crippen molar-refractivity contribution in [1.82, 2.24) is 19.7 Å². The third kappa shape index (κ3) is 3.42. The number of hydrogen-bond acceptors (Lipinski definition) is 6. The number of aromatic nitrogens is 4. The van der Waals surface area contributed by atoms with Crippen molar-refractivity contribution in [1.29, 1.82) is 0 Å². The standard InChI is InChI=1S/C15H15N5O2S/c1-10(13(16)21)23-15-19-18-14(11-4-2-6-17-8-11)20(15)9-12-5-3-7-22-12/h2-8,10H,9H2,1H3,(H2,16,21). The van der Waals surface area contributed by atoms with Crippen molar-refractivity contribution in [2.45, 2.75) is 23.9 Å². The molecule has 0 radical (unpaired) electrons. The van der Waals surface area contributed by atoms with E-state index >= 15 is 0 Å². The van der Waals surface area contributed by atoms with Gasteiger partial charge in [0.05, 0.1) is 18.1 Å². The predicted octanol–water partition coefficient (Wildman–Crippen LogP) is 1.95. The molecule has 0 fully saturated rings. The van der Waals surface area contributed by atoms with Crippen LogP contribution in [-0.2, 0) is 11.3 Å². The summed E-state index contributed by atoms with van der Waals surface area (Å²) < 4.78 is 7.30. The number of thioether (sulfide) groups is 1. The molecule has 3 heterocycles. The summed E-state index contributed by atoms with van der Waals surface area (Å²) in [5.41, 5.74) is 6.18. The van der Waals surface area contributed by atoms with Gasteiger partial charge >= 0.3 is 0 Å². The van der Waals surface area contributed by atoms with Crippen LogP contribution in [0.1, 0.15) is 12.7 Å². The fourth-order valence-corrected chi connectivity index (χ4v) is 2.80. The fourth-order valence-electron chi connectivity index (χ4n) is 2.00. The van der Waals surface area contributed by atoms with Crippen molar-refractivity contribution in [3.05, 3.63) is 48.7 Å². The highest BCUT2D eigenvalue weighted by Crippen LogP contribution is 2.27. The molecule has 0 saturated heterocycles. The van der Waals surface area contributed by atoms with Gasteiger partial charge in [-0.1, -0.05) is 11.8 Å². The molecule has 2 N–H and O–H groups in total. The molecule has 7 nitrogen and oxygen atoms in total. The average Bonchev–Trinajstić information content (AvgIpc) is 3.19. The molecule has 0 aromatic carbocycles. The molecule has 1 amide bonds. The van der Waals surface area contributed by atoms with Gasteiger partial charge < -0.3 is 10.2 Å². The van der Waals surface area contributed by atoms with Gasteiger partial charge in [0.25, 0.3) is 0 Å². The van der Waals surface area contributed by atoms with E-state index in [-0.39, 0.29) is 0 Å². The first kappa shape index (κ1) is 15.3. The molecule has 1 unspecified atom stereocenters. The summed E-state index contributed by atoms with van der Waals surface area (Å²) in [6, 6.07) is 7.43. The molecule has 8 heteroatoms. The minimum atomic E-state index is -0.406. The van der Waals surface area contributed by atoms with E-state index in [0.717, 1.165) is 11.3 Å². The second-order valence-electron chi connectivity index (χ2n) is 4.88. The number of primary amides is 1. The minimum Gasteiger partial charge on any atom is -0.467 e. The summed E-state index contributed by atoms with van der Waals surface area (Å²) in [4.78, 5) is 15.4. The van der Waals surface area contributed by atoms with E-state index in [0.29, 0.717) is 17.5 Å². The summed E-state index contributed by atoms with van der Waals surface area (Å²) in [6.45, 7) is 2.20. The van der Waals surface area contributed by atoms with Crippen LogP contribution in [0.4, 0.5) is 0 Å². The molecule has 3 rings (SSSR count). The van der Waals surface area contributed by atoms with Gasteiger partial charge in [-0.25, -0.2) is 0 Å². The van der Waals surface area contributed by atoms with Gasteiger partial charge in [0.2, 0.25) is 5.91 Å². The molecular weight excluding hydrogens is 314 g/mol. The number of nitrogens with zero attached hydrogens (tertiary/aromatic N) is 4. The van der Waals surface area contributed by atoms with Gasteiger partial charge in [0, 0.05) is 18.0 Å². The summed E-state index contributed by atoms with van der Waals surface area (Å²) in [5.74, 6) is 1.03. The molecule has 0 aliphatic heterocycles. The Morgan fingerprint density at radius 3 is 2.91 bits per heavy atom. The zero-order valence-corrected chi connectivity index (χ0v) is 13.2. The van der Waals surface area contributed by atoms with Gasteiger partial charge in [-0.3, -0.25) is 14.3 Å². The average molecular weight is 329 g/mol. The SMILES string of the molecule is CC(Sc1nnc(-c2cccnc2)n1Cc1ccco1)C(N)=O. The monoisotopic (exact) mass is 329 g/mol. The molecule has 0 spiro atoms. The van der Waals surface area contributed by atoms with Crippen LogP contribution in [0.3, 0.4) is 0 Å². The second-order valence-corrected chi connectivity index (χ2v) is 6.18. The number of pyridine rings is 1. The van der Waals surface area contributed by atoms with Crippen molar-refractivity contribution in [3.8, 4) is 11.4 Å². The van der Waals surface area contributed by atoms with E-state index < -0.39 is 11.2 Å². The van der Waals surface area contributed by atoms with E-state index in [9.17, 15) is 4.79 Å². The van der Waals surface area contributed by atoms with Gasteiger partial charge in [-0.05, 0) is 31.2 Å². The number of carbonyl (C=O) groups is 1. The predicted molar refractivity (Wildman–Crippen MR) is 85.6 cm³/mol. The Bertz CT molecular complexity index is 786. The van der Waals surface area contributed by atoms with Crippen LogP contribution in [0.2, 0.25) is 0 Å². The maximum absolute atomic E-state index is 11.3. The van der Waals surface area contributed by atoms with Crippen molar-refractivity contribution in [2.24, 2.45) is 5.73 Å². The maximum atomic E-state index is 11.3. The Kier molecular flexibility index (Phi) is 4.42. The van der Waals surface area contributed by atoms with Crippen molar-refractivity contribution < 1.29 is 9.21 Å². The number of rotatable bonds is 6. The lowest BCUT2D eigenvalue weighted by atomic mass is 10.2. The molecular formula is C15H15N5O2S. The highest BCUT2D eigenvalue weighted by molar-refractivity contribution is 8.00. The van der Waals surface area contributed by atoms with Crippen molar-refractivity contribution in [2.75, 3.05) is 0 Å². The first-order chi connectivity index (χ1) is 11.1. The van der Waals surface area contributed by atoms with Crippen LogP contribution < -0.4 is 5.73 Å². The van der Waals surface area contributed by atoms with Crippen LogP contribution in [0.15, 0.2) is 52.5 Å². The van der Waals surface area contributed by atoms with Crippen molar-refractivity contribution in [3.63, 3.8) is 0 Å². The van der Waals surface area contributed by atoms with E-state index in [4.69, 9.17) is 10.2 Å². The van der Waals surface area contributed by atoms with Gasteiger partial charge in [0.1, 0.15) is 5.76 Å². The third-order valence-electron chi connectivity index (χ3n) is 3.21. The third-order valence-corrected chi connectivity index (χ3v) is 4.31. The zero-order valence-electron chi connectivity index (χ0n) is 12.4. The molecule has 0 aliphatic carbocycles. The first-order valence-electron chi connectivity index (χ1n) is 6.97. The summed E-state index contributed by atoms with van der Waals surface area (Å²) in [6.07, 6.45) is 5.03. The van der Waals surface area contributed by atoms with Crippen LogP contribution >= 0.6 is 11.8 Å². The Balaban J connectivity index is 1.99. The summed E-state index contributed by atoms with van der Waals surface area (Å²) in [7, 11) is 0. The lowest BCUT2D eigenvalue weighted by Crippen LogP contribution is -2.23. The highest BCUT2D eigenvalue weighted by Gasteiger charge is 2.20. The summed E-state index contributed by atoms with van der Waals surface area (Å²) in [5, 5.41) is 8.63. The van der Waals surface area contributed by atoms with Crippen LogP contribution in [0, 0.1) is 0 Å². The zero-order chi connectivity index (χ0) is 16.2. The van der Waals surface area contributed by atoms with Crippen LogP contribution in [-0.4, -0.2) is 30.9 Å². The van der Waals surface area contributed by atoms with E-state index in [2.05, 4.69) is 15.2 Å². The molecule has 3 aromatic rings. The molecule has 0 saturated carbocycles. The first-order valence-corrected chi connectivity index (χ1v) is 7.85. The van der Waals surface area contributed by atoms with E-state index in [1.54, 1.807) is 25.6 Å². The number of carbonyl (C=O) groups excluding carboxylic acids is 1. The van der Waals surface area contributed by atoms with Gasteiger partial charge in [-0.15, -0.1) is 10.2 Å². The van der Waals surface area contributed by atoms with Crippen LogP contribution in [0.25, 0.3) is 11.4 Å². The lowest BCUT2D eigenvalue weighted by molar-refractivity contribution is -0.117. The fraction of sp³-hybridized carbons (Fsp3) is 0.200. The topological polar surface area (TPSA) is 99.8 Å². The number of hydrogen-bond donors (Lipinski definition) is 1. The molecule has 0 aliphatic rings. The Morgan fingerprint density at radius 2 is 2.26 bits per heavy atom. The lowest BCUT2D eigenvalue weighted by Gasteiger charge is -2.10. The normalized spacial score (nSPS) is 12.2. The molecule has 118 valence electrons. The summed E-state index contributed by atoms with van der Waals surface area (Å²) >= 11 is 1.27. The van der Waals surface area contributed by atoms with Crippen molar-refractivity contribution >= 4 is 17.7 Å². The number of amides is 1. The maximum Gasteiger partial charge on any atom is 0.230 e. The Morgan fingerprint density at radius 1 is 1.39 bits per heavy atom. The molecule has 0 bridgehead atoms. The largest absolute Gasteiger partial charge is 0.467 e. The Hall–Kier alpha value is -2.61. The van der Waals surface area contributed by atoms with E-state index in [1.807, 2.05) is 28.8 Å². The van der Waals surface area contributed by atoms with Gasteiger partial charge in [-0.2, -0.15) is 0 Å². The number of furan rings is 1. The minimum absolute atomic E-state index is 0.398. The Labute approximate surface area is 136 Å². The molecule has 3 aromatic heterocycles. The van der Waals surface area contributed by atoms with Gasteiger partial charge in [0.15, 0.2) is 11.0 Å². The quantitative estimate of drug-likeness (QED) is 0.694. The second kappa shape index (κ2) is 6.66. The number of nitrogens with two attached hydrogens (primary N) is 1. The van der Waals surface area contributed by atoms with E-state index in [1.165, 1.54) is 11.8 Å². The highest BCUT2D eigenvalue weighted by atomic mass is 32.2. The smallest absolute Gasteiger partial charge is 0.230 e.